The number of ether oxygens (including phenoxy) is 1. The van der Waals surface area contributed by atoms with Crippen LogP contribution >= 0.6 is 0 Å². The van der Waals surface area contributed by atoms with Gasteiger partial charge in [0.05, 0.1) is 0 Å². The van der Waals surface area contributed by atoms with Gasteiger partial charge in [-0.3, -0.25) is 4.79 Å². The normalized spacial score (nSPS) is 23.5. The molecular formula is C14H23NO4. The van der Waals surface area contributed by atoms with Crippen LogP contribution in [0.5, 0.6) is 0 Å². The second kappa shape index (κ2) is 7.94. The molecule has 1 aliphatic rings. The number of carbonyl (C=O) groups is 2. The molecule has 1 aliphatic carbocycles. The highest BCUT2D eigenvalue weighted by atomic mass is 16.5. The van der Waals surface area contributed by atoms with E-state index in [9.17, 15) is 9.59 Å². The first-order valence-electron chi connectivity index (χ1n) is 6.87. The summed E-state index contributed by atoms with van der Waals surface area (Å²) >= 11 is 0. The Balaban J connectivity index is 2.88. The number of nitrogens with one attached hydrogen (secondary N) is 1. The SMILES string of the molecule is CC/C(NC)=C1\CCCCCC(OCC(=O)O)C1=O. The van der Waals surface area contributed by atoms with E-state index >= 15 is 0 Å². The molecule has 0 spiro atoms. The fraction of sp³-hybridized carbons (Fsp3) is 0.714. The van der Waals surface area contributed by atoms with Gasteiger partial charge in [-0.15, -0.1) is 0 Å². The lowest BCUT2D eigenvalue weighted by molar-refractivity contribution is -0.146. The molecule has 0 aromatic carbocycles. The number of carboxylic acids is 1. The molecule has 19 heavy (non-hydrogen) atoms. The highest BCUT2D eigenvalue weighted by Crippen LogP contribution is 2.24. The second-order valence-electron chi connectivity index (χ2n) is 4.72. The molecule has 1 unspecified atom stereocenters. The molecule has 1 saturated carbocycles. The largest absolute Gasteiger partial charge is 0.480 e. The Bertz CT molecular complexity index is 356. The van der Waals surface area contributed by atoms with Crippen LogP contribution in [0.1, 0.15) is 45.4 Å². The second-order valence-corrected chi connectivity index (χ2v) is 4.72. The van der Waals surface area contributed by atoms with E-state index in [1.54, 1.807) is 0 Å². The minimum absolute atomic E-state index is 0.0489. The van der Waals surface area contributed by atoms with Crippen molar-refractivity contribution in [2.45, 2.75) is 51.6 Å². The van der Waals surface area contributed by atoms with Gasteiger partial charge in [-0.25, -0.2) is 4.79 Å². The molecule has 0 amide bonds. The molecule has 1 atom stereocenters. The first-order chi connectivity index (χ1) is 9.10. The molecule has 0 aliphatic heterocycles. The highest BCUT2D eigenvalue weighted by Gasteiger charge is 2.26. The number of carbonyl (C=O) groups excluding carboxylic acids is 1. The minimum atomic E-state index is -1.04. The van der Waals surface area contributed by atoms with E-state index in [2.05, 4.69) is 5.32 Å². The molecule has 2 N–H and O–H groups in total. The van der Waals surface area contributed by atoms with Gasteiger partial charge in [0.25, 0.3) is 0 Å². The highest BCUT2D eigenvalue weighted by molar-refractivity contribution is 5.99. The quantitative estimate of drug-likeness (QED) is 0.745. The van der Waals surface area contributed by atoms with Crippen molar-refractivity contribution in [2.75, 3.05) is 13.7 Å². The molecule has 108 valence electrons. The number of hydrogen-bond acceptors (Lipinski definition) is 4. The maximum absolute atomic E-state index is 12.5. The molecule has 0 saturated heterocycles. The summed E-state index contributed by atoms with van der Waals surface area (Å²) in [6.07, 6.45) is 4.46. The van der Waals surface area contributed by atoms with Crippen molar-refractivity contribution < 1.29 is 19.4 Å². The maximum atomic E-state index is 12.5. The fourth-order valence-corrected chi connectivity index (χ4v) is 2.43. The van der Waals surface area contributed by atoms with Crippen molar-refractivity contribution in [2.24, 2.45) is 0 Å². The van der Waals surface area contributed by atoms with Gasteiger partial charge in [0.2, 0.25) is 0 Å². The van der Waals surface area contributed by atoms with E-state index in [1.807, 2.05) is 14.0 Å². The summed E-state index contributed by atoms with van der Waals surface area (Å²) in [5.41, 5.74) is 1.72. The van der Waals surface area contributed by atoms with E-state index in [4.69, 9.17) is 9.84 Å². The average molecular weight is 269 g/mol. The monoisotopic (exact) mass is 269 g/mol. The number of allylic oxidation sites excluding steroid dienone is 1. The lowest BCUT2D eigenvalue weighted by atomic mass is 9.91. The summed E-state index contributed by atoms with van der Waals surface area (Å²) in [5.74, 6) is -1.09. The summed E-state index contributed by atoms with van der Waals surface area (Å²) in [6.45, 7) is 1.59. The smallest absolute Gasteiger partial charge is 0.329 e. The summed E-state index contributed by atoms with van der Waals surface area (Å²) < 4.78 is 5.25. The van der Waals surface area contributed by atoms with Gasteiger partial charge in [0.1, 0.15) is 12.7 Å². The van der Waals surface area contributed by atoms with Gasteiger partial charge in [-0.2, -0.15) is 0 Å². The number of ketones is 1. The van der Waals surface area contributed by atoms with Crippen LogP contribution in [0.2, 0.25) is 0 Å². The Hall–Kier alpha value is -1.36. The number of rotatable bonds is 5. The van der Waals surface area contributed by atoms with E-state index in [0.29, 0.717) is 6.42 Å². The summed E-state index contributed by atoms with van der Waals surface area (Å²) in [6, 6.07) is 0. The summed E-state index contributed by atoms with van der Waals surface area (Å²) in [5, 5.41) is 11.7. The summed E-state index contributed by atoms with van der Waals surface area (Å²) in [7, 11) is 1.81. The lowest BCUT2D eigenvalue weighted by Gasteiger charge is -2.22. The summed E-state index contributed by atoms with van der Waals surface area (Å²) in [4.78, 5) is 23.0. The molecule has 0 aromatic rings. The predicted octanol–water partition coefficient (Wildman–Crippen LogP) is 1.87. The zero-order chi connectivity index (χ0) is 14.3. The van der Waals surface area contributed by atoms with Crippen LogP contribution in [0.4, 0.5) is 0 Å². The number of carboxylic acid groups (broad SMARTS) is 1. The van der Waals surface area contributed by atoms with Crippen LogP contribution in [0, 0.1) is 0 Å². The van der Waals surface area contributed by atoms with Crippen LogP contribution in [-0.4, -0.2) is 36.6 Å². The van der Waals surface area contributed by atoms with Crippen molar-refractivity contribution >= 4 is 11.8 Å². The van der Waals surface area contributed by atoms with Gasteiger partial charge in [-0.1, -0.05) is 19.8 Å². The predicted molar refractivity (Wildman–Crippen MR) is 71.8 cm³/mol. The van der Waals surface area contributed by atoms with Crippen LogP contribution in [0.25, 0.3) is 0 Å². The Kier molecular flexibility index (Phi) is 6.56. The topological polar surface area (TPSA) is 75.6 Å². The first kappa shape index (κ1) is 15.7. The molecule has 5 nitrogen and oxygen atoms in total. The lowest BCUT2D eigenvalue weighted by Crippen LogP contribution is -2.31. The molecule has 0 bridgehead atoms. The standard InChI is InChI=1S/C14H23NO4/c1-3-11(15-2)10-7-5-4-6-8-12(14(10)18)19-9-13(16)17/h12,15H,3-9H2,1-2H3,(H,16,17)/b11-10-. The van der Waals surface area contributed by atoms with Crippen molar-refractivity contribution in [3.05, 3.63) is 11.3 Å². The van der Waals surface area contributed by atoms with Crippen molar-refractivity contribution in [3.63, 3.8) is 0 Å². The molecule has 0 aromatic heterocycles. The van der Waals surface area contributed by atoms with E-state index in [1.165, 1.54) is 0 Å². The van der Waals surface area contributed by atoms with Gasteiger partial charge in [0, 0.05) is 18.3 Å². The Morgan fingerprint density at radius 1 is 1.42 bits per heavy atom. The van der Waals surface area contributed by atoms with Crippen LogP contribution in [0.15, 0.2) is 11.3 Å². The van der Waals surface area contributed by atoms with Gasteiger partial charge in [-0.05, 0) is 25.7 Å². The molecular weight excluding hydrogens is 246 g/mol. The first-order valence-corrected chi connectivity index (χ1v) is 6.87. The third-order valence-electron chi connectivity index (χ3n) is 3.41. The van der Waals surface area contributed by atoms with Crippen LogP contribution < -0.4 is 5.32 Å². The number of aliphatic carboxylic acids is 1. The van der Waals surface area contributed by atoms with Crippen LogP contribution in [0.3, 0.4) is 0 Å². The molecule has 1 fully saturated rings. The van der Waals surface area contributed by atoms with Crippen molar-refractivity contribution in [1.29, 1.82) is 0 Å². The van der Waals surface area contributed by atoms with E-state index in [0.717, 1.165) is 43.4 Å². The molecule has 0 heterocycles. The molecule has 5 heteroatoms. The minimum Gasteiger partial charge on any atom is -0.480 e. The van der Waals surface area contributed by atoms with Crippen molar-refractivity contribution in [3.8, 4) is 0 Å². The van der Waals surface area contributed by atoms with E-state index in [-0.39, 0.29) is 5.78 Å². The average Bonchev–Trinajstić information content (AvgIpc) is 2.37. The maximum Gasteiger partial charge on any atom is 0.329 e. The third kappa shape index (κ3) is 4.67. The van der Waals surface area contributed by atoms with Crippen molar-refractivity contribution in [1.82, 2.24) is 5.32 Å². The zero-order valence-electron chi connectivity index (χ0n) is 11.7. The molecule has 0 radical (unpaired) electrons. The van der Waals surface area contributed by atoms with Crippen LogP contribution in [-0.2, 0) is 14.3 Å². The van der Waals surface area contributed by atoms with Gasteiger partial charge < -0.3 is 15.2 Å². The Morgan fingerprint density at radius 3 is 2.74 bits per heavy atom. The fourth-order valence-electron chi connectivity index (χ4n) is 2.43. The van der Waals surface area contributed by atoms with Gasteiger partial charge in [0.15, 0.2) is 5.78 Å². The molecule has 1 rings (SSSR count). The zero-order valence-corrected chi connectivity index (χ0v) is 11.7. The number of hydrogen-bond donors (Lipinski definition) is 2. The Morgan fingerprint density at radius 2 is 2.16 bits per heavy atom. The van der Waals surface area contributed by atoms with Gasteiger partial charge >= 0.3 is 5.97 Å². The van der Waals surface area contributed by atoms with E-state index < -0.39 is 18.7 Å². The Labute approximate surface area is 114 Å². The number of Topliss-reactive ketones (excluding diaryl/α,β-unsaturated/α-hetero) is 1. The third-order valence-corrected chi connectivity index (χ3v) is 3.41.